The fourth-order valence-electron chi connectivity index (χ4n) is 2.61. The number of nitrogens with zero attached hydrogens (tertiary/aromatic N) is 1. The molecule has 0 spiro atoms. The van der Waals surface area contributed by atoms with Gasteiger partial charge < -0.3 is 4.74 Å². The molecule has 0 atom stereocenters. The summed E-state index contributed by atoms with van der Waals surface area (Å²) in [4.78, 5) is 0.196. The number of sulfone groups is 1. The SMILES string of the molecule is COc1ccc(S(=O)(=O)C2(C#N)CC(C(C)C)C2)cc1. The van der Waals surface area contributed by atoms with E-state index in [0.717, 1.165) is 0 Å². The Morgan fingerprint density at radius 3 is 2.25 bits per heavy atom. The molecule has 20 heavy (non-hydrogen) atoms. The van der Waals surface area contributed by atoms with Gasteiger partial charge in [-0.25, -0.2) is 8.42 Å². The van der Waals surface area contributed by atoms with Gasteiger partial charge in [-0.2, -0.15) is 5.26 Å². The first kappa shape index (κ1) is 14.9. The van der Waals surface area contributed by atoms with Crippen molar-refractivity contribution in [3.8, 4) is 11.8 Å². The van der Waals surface area contributed by atoms with Crippen molar-refractivity contribution in [1.29, 1.82) is 5.26 Å². The third-order valence-electron chi connectivity index (χ3n) is 4.21. The highest BCUT2D eigenvalue weighted by atomic mass is 32.2. The highest BCUT2D eigenvalue weighted by Crippen LogP contribution is 2.49. The lowest BCUT2D eigenvalue weighted by molar-refractivity contribution is 0.198. The van der Waals surface area contributed by atoms with Gasteiger partial charge >= 0.3 is 0 Å². The molecule has 0 amide bonds. The smallest absolute Gasteiger partial charge is 0.197 e. The van der Waals surface area contributed by atoms with Crippen LogP contribution in [0.3, 0.4) is 0 Å². The third-order valence-corrected chi connectivity index (χ3v) is 6.56. The minimum Gasteiger partial charge on any atom is -0.497 e. The topological polar surface area (TPSA) is 67.2 Å². The predicted octanol–water partition coefficient (Wildman–Crippen LogP) is 2.80. The van der Waals surface area contributed by atoms with Gasteiger partial charge in [-0.3, -0.25) is 0 Å². The molecule has 0 unspecified atom stereocenters. The van der Waals surface area contributed by atoms with Crippen LogP contribution in [0.15, 0.2) is 29.2 Å². The van der Waals surface area contributed by atoms with Gasteiger partial charge in [0.25, 0.3) is 0 Å². The number of methoxy groups -OCH3 is 1. The summed E-state index contributed by atoms with van der Waals surface area (Å²) in [5.74, 6) is 1.31. The molecule has 1 aromatic rings. The monoisotopic (exact) mass is 293 g/mol. The second kappa shape index (κ2) is 5.10. The molecule has 1 aliphatic carbocycles. The summed E-state index contributed by atoms with van der Waals surface area (Å²) < 4.78 is 29.1. The summed E-state index contributed by atoms with van der Waals surface area (Å²) in [7, 11) is -2.09. The van der Waals surface area contributed by atoms with E-state index in [4.69, 9.17) is 4.74 Å². The maximum Gasteiger partial charge on any atom is 0.197 e. The first-order valence-corrected chi connectivity index (χ1v) is 8.14. The van der Waals surface area contributed by atoms with Crippen molar-refractivity contribution in [3.63, 3.8) is 0 Å². The van der Waals surface area contributed by atoms with Gasteiger partial charge in [0.1, 0.15) is 5.75 Å². The van der Waals surface area contributed by atoms with E-state index in [1.807, 2.05) is 6.07 Å². The first-order valence-electron chi connectivity index (χ1n) is 6.66. The van der Waals surface area contributed by atoms with Crippen LogP contribution >= 0.6 is 0 Å². The summed E-state index contributed by atoms with van der Waals surface area (Å²) in [5.41, 5.74) is 0. The van der Waals surface area contributed by atoms with Gasteiger partial charge in [0.2, 0.25) is 0 Å². The minimum atomic E-state index is -3.62. The summed E-state index contributed by atoms with van der Waals surface area (Å²) in [6, 6.07) is 8.28. The lowest BCUT2D eigenvalue weighted by atomic mass is 9.69. The minimum absolute atomic E-state index is 0.196. The van der Waals surface area contributed by atoms with E-state index < -0.39 is 14.6 Å². The zero-order chi connectivity index (χ0) is 15.0. The average Bonchev–Trinajstić information content (AvgIpc) is 2.37. The molecule has 5 heteroatoms. The fraction of sp³-hybridized carbons (Fsp3) is 0.533. The summed E-state index contributed by atoms with van der Waals surface area (Å²) in [5, 5.41) is 9.38. The molecule has 4 nitrogen and oxygen atoms in total. The molecule has 0 aliphatic heterocycles. The molecule has 0 bridgehead atoms. The fourth-order valence-corrected chi connectivity index (χ4v) is 4.54. The van der Waals surface area contributed by atoms with Crippen LogP contribution in [-0.4, -0.2) is 20.3 Å². The highest BCUT2D eigenvalue weighted by molar-refractivity contribution is 7.93. The zero-order valence-electron chi connectivity index (χ0n) is 12.0. The van der Waals surface area contributed by atoms with Crippen LogP contribution in [0.4, 0.5) is 0 Å². The Bertz CT molecular complexity index is 620. The van der Waals surface area contributed by atoms with Gasteiger partial charge in [-0.1, -0.05) is 13.8 Å². The number of nitriles is 1. The molecule has 0 heterocycles. The summed E-state index contributed by atoms with van der Waals surface area (Å²) in [6.45, 7) is 4.12. The second-order valence-corrected chi connectivity index (χ2v) is 7.96. The van der Waals surface area contributed by atoms with Crippen LogP contribution in [0.5, 0.6) is 5.75 Å². The summed E-state index contributed by atoms with van der Waals surface area (Å²) in [6.07, 6.45) is 0.852. The van der Waals surface area contributed by atoms with Crippen molar-refractivity contribution in [1.82, 2.24) is 0 Å². The number of ether oxygens (including phenoxy) is 1. The van der Waals surface area contributed by atoms with Crippen molar-refractivity contribution in [2.45, 2.75) is 36.3 Å². The maximum atomic E-state index is 12.7. The van der Waals surface area contributed by atoms with Crippen molar-refractivity contribution < 1.29 is 13.2 Å². The molecule has 0 aromatic heterocycles. The Balaban J connectivity index is 2.32. The maximum absolute atomic E-state index is 12.7. The van der Waals surface area contributed by atoms with Gasteiger partial charge in [-0.15, -0.1) is 0 Å². The molecule has 1 aromatic carbocycles. The lowest BCUT2D eigenvalue weighted by Crippen LogP contribution is -2.50. The number of hydrogen-bond acceptors (Lipinski definition) is 4. The molecule has 108 valence electrons. The van der Waals surface area contributed by atoms with Crippen molar-refractivity contribution in [2.24, 2.45) is 11.8 Å². The van der Waals surface area contributed by atoms with Crippen LogP contribution in [0, 0.1) is 23.2 Å². The molecule has 0 saturated heterocycles. The Morgan fingerprint density at radius 2 is 1.85 bits per heavy atom. The predicted molar refractivity (Wildman–Crippen MR) is 76.1 cm³/mol. The number of hydrogen-bond donors (Lipinski definition) is 0. The molecule has 1 fully saturated rings. The van der Waals surface area contributed by atoms with Gasteiger partial charge in [0.05, 0.1) is 18.1 Å². The van der Waals surface area contributed by atoms with E-state index in [2.05, 4.69) is 13.8 Å². The van der Waals surface area contributed by atoms with Gasteiger partial charge in [0.15, 0.2) is 14.6 Å². The molecular weight excluding hydrogens is 274 g/mol. The third kappa shape index (κ3) is 2.18. The van der Waals surface area contributed by atoms with E-state index in [1.54, 1.807) is 12.1 Å². The first-order chi connectivity index (χ1) is 9.36. The second-order valence-electron chi connectivity index (χ2n) is 5.70. The Morgan fingerprint density at radius 1 is 1.30 bits per heavy atom. The molecule has 1 saturated carbocycles. The van der Waals surface area contributed by atoms with Crippen LogP contribution in [0.1, 0.15) is 26.7 Å². The standard InChI is InChI=1S/C15H19NO3S/c1-11(2)12-8-15(9-12,10-16)20(17,18)14-6-4-13(19-3)5-7-14/h4-7,11-12H,8-9H2,1-3H3. The van der Waals surface area contributed by atoms with E-state index in [0.29, 0.717) is 30.4 Å². The molecular formula is C15H19NO3S. The van der Waals surface area contributed by atoms with Gasteiger partial charge in [-0.05, 0) is 48.9 Å². The largest absolute Gasteiger partial charge is 0.497 e. The Hall–Kier alpha value is -1.54. The highest BCUT2D eigenvalue weighted by Gasteiger charge is 2.55. The molecule has 1 aliphatic rings. The van der Waals surface area contributed by atoms with E-state index in [9.17, 15) is 13.7 Å². The van der Waals surface area contributed by atoms with E-state index in [1.165, 1.54) is 19.2 Å². The average molecular weight is 293 g/mol. The molecule has 0 N–H and O–H groups in total. The van der Waals surface area contributed by atoms with Gasteiger partial charge in [0, 0.05) is 0 Å². The van der Waals surface area contributed by atoms with Crippen molar-refractivity contribution >= 4 is 9.84 Å². The van der Waals surface area contributed by atoms with Crippen LogP contribution < -0.4 is 4.74 Å². The number of rotatable bonds is 4. The Kier molecular flexibility index (Phi) is 3.79. The van der Waals surface area contributed by atoms with Crippen LogP contribution in [0.2, 0.25) is 0 Å². The lowest BCUT2D eigenvalue weighted by Gasteiger charge is -2.43. The molecule has 0 radical (unpaired) electrons. The van der Waals surface area contributed by atoms with E-state index >= 15 is 0 Å². The summed E-state index contributed by atoms with van der Waals surface area (Å²) >= 11 is 0. The quantitative estimate of drug-likeness (QED) is 0.856. The molecule has 2 rings (SSSR count). The van der Waals surface area contributed by atoms with Crippen molar-refractivity contribution in [3.05, 3.63) is 24.3 Å². The van der Waals surface area contributed by atoms with Crippen LogP contribution in [0.25, 0.3) is 0 Å². The number of benzene rings is 1. The van der Waals surface area contributed by atoms with Crippen molar-refractivity contribution in [2.75, 3.05) is 7.11 Å². The Labute approximate surface area is 120 Å². The zero-order valence-corrected chi connectivity index (χ0v) is 12.8. The van der Waals surface area contributed by atoms with Crippen LogP contribution in [-0.2, 0) is 9.84 Å². The van der Waals surface area contributed by atoms with E-state index in [-0.39, 0.29) is 4.90 Å². The normalized spacial score (nSPS) is 25.9.